The van der Waals surface area contributed by atoms with E-state index in [1.54, 1.807) is 0 Å². The SMILES string of the molecule is C\C=C/C(N)=C(\C=C/C)N1CCCCCC1. The van der Waals surface area contributed by atoms with Gasteiger partial charge in [-0.05, 0) is 38.8 Å². The lowest BCUT2D eigenvalue weighted by Gasteiger charge is -2.25. The molecule has 16 heavy (non-hydrogen) atoms. The Hall–Kier alpha value is -1.18. The maximum Gasteiger partial charge on any atom is 0.0596 e. The normalized spacial score (nSPS) is 20.2. The number of hydrogen-bond donors (Lipinski definition) is 1. The summed E-state index contributed by atoms with van der Waals surface area (Å²) >= 11 is 0. The second kappa shape index (κ2) is 7.15. The number of nitrogens with zero attached hydrogens (tertiary/aromatic N) is 1. The van der Waals surface area contributed by atoms with Crippen LogP contribution in [0.15, 0.2) is 35.7 Å². The number of allylic oxidation sites excluding steroid dienone is 4. The van der Waals surface area contributed by atoms with Gasteiger partial charge in [0.1, 0.15) is 0 Å². The molecular weight excluding hydrogens is 196 g/mol. The first kappa shape index (κ1) is 12.9. The zero-order chi connectivity index (χ0) is 11.8. The number of rotatable bonds is 3. The van der Waals surface area contributed by atoms with Crippen LogP contribution in [0, 0.1) is 0 Å². The quantitative estimate of drug-likeness (QED) is 0.740. The van der Waals surface area contributed by atoms with E-state index in [9.17, 15) is 0 Å². The summed E-state index contributed by atoms with van der Waals surface area (Å²) in [5.41, 5.74) is 8.16. The highest BCUT2D eigenvalue weighted by atomic mass is 15.1. The van der Waals surface area contributed by atoms with Gasteiger partial charge in [-0.25, -0.2) is 0 Å². The van der Waals surface area contributed by atoms with E-state index < -0.39 is 0 Å². The molecule has 0 saturated carbocycles. The Kier molecular flexibility index (Phi) is 5.76. The highest BCUT2D eigenvalue weighted by Gasteiger charge is 2.11. The predicted molar refractivity (Wildman–Crippen MR) is 70.9 cm³/mol. The lowest BCUT2D eigenvalue weighted by molar-refractivity contribution is 0.366. The van der Waals surface area contributed by atoms with Gasteiger partial charge in [0.2, 0.25) is 0 Å². The van der Waals surface area contributed by atoms with E-state index in [0.717, 1.165) is 18.8 Å². The first-order valence-corrected chi connectivity index (χ1v) is 6.29. The van der Waals surface area contributed by atoms with Gasteiger partial charge in [0.15, 0.2) is 0 Å². The van der Waals surface area contributed by atoms with Crippen molar-refractivity contribution in [3.8, 4) is 0 Å². The van der Waals surface area contributed by atoms with Crippen molar-refractivity contribution in [2.45, 2.75) is 39.5 Å². The summed E-state index contributed by atoms with van der Waals surface area (Å²) < 4.78 is 0. The summed E-state index contributed by atoms with van der Waals surface area (Å²) in [5.74, 6) is 0. The summed E-state index contributed by atoms with van der Waals surface area (Å²) in [6, 6.07) is 0. The highest BCUT2D eigenvalue weighted by molar-refractivity contribution is 5.30. The van der Waals surface area contributed by atoms with Crippen LogP contribution >= 0.6 is 0 Å². The Morgan fingerprint density at radius 3 is 2.00 bits per heavy atom. The molecule has 2 N–H and O–H groups in total. The van der Waals surface area contributed by atoms with Crippen LogP contribution in [0.4, 0.5) is 0 Å². The fourth-order valence-electron chi connectivity index (χ4n) is 2.12. The van der Waals surface area contributed by atoms with Gasteiger partial charge in [-0.3, -0.25) is 0 Å². The molecule has 0 atom stereocenters. The van der Waals surface area contributed by atoms with Crippen molar-refractivity contribution in [2.24, 2.45) is 5.73 Å². The summed E-state index contributed by atoms with van der Waals surface area (Å²) in [6.45, 7) is 6.32. The van der Waals surface area contributed by atoms with Crippen molar-refractivity contribution >= 4 is 0 Å². The molecule has 2 nitrogen and oxygen atoms in total. The van der Waals surface area contributed by atoms with Gasteiger partial charge >= 0.3 is 0 Å². The van der Waals surface area contributed by atoms with Crippen LogP contribution in [0.25, 0.3) is 0 Å². The molecule has 1 rings (SSSR count). The van der Waals surface area contributed by atoms with Crippen LogP contribution in [0.2, 0.25) is 0 Å². The zero-order valence-electron chi connectivity index (χ0n) is 10.6. The number of likely N-dealkylation sites (tertiary alicyclic amines) is 1. The van der Waals surface area contributed by atoms with Crippen LogP contribution in [0.5, 0.6) is 0 Å². The maximum absolute atomic E-state index is 6.10. The van der Waals surface area contributed by atoms with Crippen molar-refractivity contribution in [2.75, 3.05) is 13.1 Å². The Morgan fingerprint density at radius 2 is 1.50 bits per heavy atom. The van der Waals surface area contributed by atoms with Gasteiger partial charge in [0, 0.05) is 13.1 Å². The second-order valence-corrected chi connectivity index (χ2v) is 4.24. The molecule has 2 heteroatoms. The fraction of sp³-hybridized carbons (Fsp3) is 0.571. The molecule has 0 spiro atoms. The van der Waals surface area contributed by atoms with Gasteiger partial charge in [-0.15, -0.1) is 0 Å². The Bertz CT molecular complexity index is 279. The Labute approximate surface area is 99.5 Å². The monoisotopic (exact) mass is 220 g/mol. The third-order valence-electron chi connectivity index (χ3n) is 2.91. The van der Waals surface area contributed by atoms with Crippen molar-refractivity contribution < 1.29 is 0 Å². The van der Waals surface area contributed by atoms with Crippen molar-refractivity contribution in [1.82, 2.24) is 4.90 Å². The van der Waals surface area contributed by atoms with E-state index in [1.165, 1.54) is 31.4 Å². The zero-order valence-corrected chi connectivity index (χ0v) is 10.6. The van der Waals surface area contributed by atoms with Crippen LogP contribution in [0.3, 0.4) is 0 Å². The minimum absolute atomic E-state index is 0.877. The summed E-state index contributed by atoms with van der Waals surface area (Å²) in [7, 11) is 0. The first-order valence-electron chi connectivity index (χ1n) is 6.29. The molecule has 0 aromatic heterocycles. The molecule has 0 unspecified atom stereocenters. The lowest BCUT2D eigenvalue weighted by Crippen LogP contribution is -2.25. The highest BCUT2D eigenvalue weighted by Crippen LogP contribution is 2.17. The average molecular weight is 220 g/mol. The fourth-order valence-corrected chi connectivity index (χ4v) is 2.12. The summed E-state index contributed by atoms with van der Waals surface area (Å²) in [5, 5.41) is 0. The van der Waals surface area contributed by atoms with E-state index in [1.807, 2.05) is 26.0 Å². The van der Waals surface area contributed by atoms with Crippen LogP contribution in [0.1, 0.15) is 39.5 Å². The standard InChI is InChI=1S/C14H24N2/c1-3-9-13(15)14(10-4-2)16-11-7-5-6-8-12-16/h3-4,9-10H,5-8,11-12,15H2,1-2H3/b9-3-,10-4-,14-13-. The third kappa shape index (κ3) is 3.76. The Balaban J connectivity index is 2.86. The molecule has 1 fully saturated rings. The largest absolute Gasteiger partial charge is 0.397 e. The molecule has 0 radical (unpaired) electrons. The van der Waals surface area contributed by atoms with Crippen LogP contribution in [-0.4, -0.2) is 18.0 Å². The van der Waals surface area contributed by atoms with E-state index in [-0.39, 0.29) is 0 Å². The van der Waals surface area contributed by atoms with Crippen LogP contribution in [-0.2, 0) is 0 Å². The lowest BCUT2D eigenvalue weighted by atomic mass is 10.2. The molecule has 0 aromatic carbocycles. The van der Waals surface area contributed by atoms with Gasteiger partial charge < -0.3 is 10.6 Å². The van der Waals surface area contributed by atoms with E-state index in [4.69, 9.17) is 5.73 Å². The third-order valence-corrected chi connectivity index (χ3v) is 2.91. The van der Waals surface area contributed by atoms with Gasteiger partial charge in [0.25, 0.3) is 0 Å². The second-order valence-electron chi connectivity index (χ2n) is 4.24. The molecule has 1 aliphatic rings. The summed E-state index contributed by atoms with van der Waals surface area (Å²) in [4.78, 5) is 2.42. The van der Waals surface area contributed by atoms with Gasteiger partial charge in [0.05, 0.1) is 11.4 Å². The minimum Gasteiger partial charge on any atom is -0.397 e. The topological polar surface area (TPSA) is 29.3 Å². The first-order chi connectivity index (χ1) is 7.79. The molecule has 0 bridgehead atoms. The van der Waals surface area contributed by atoms with E-state index in [0.29, 0.717) is 0 Å². The summed E-state index contributed by atoms with van der Waals surface area (Å²) in [6.07, 6.45) is 13.4. The van der Waals surface area contributed by atoms with Crippen molar-refractivity contribution in [1.29, 1.82) is 0 Å². The van der Waals surface area contributed by atoms with Crippen LogP contribution < -0.4 is 5.73 Å². The molecule has 1 aliphatic heterocycles. The minimum atomic E-state index is 0.877. The number of nitrogens with two attached hydrogens (primary N) is 1. The average Bonchev–Trinajstić information content (AvgIpc) is 2.54. The van der Waals surface area contributed by atoms with E-state index >= 15 is 0 Å². The van der Waals surface area contributed by atoms with Gasteiger partial charge in [-0.2, -0.15) is 0 Å². The molecule has 90 valence electrons. The smallest absolute Gasteiger partial charge is 0.0596 e. The molecule has 1 heterocycles. The van der Waals surface area contributed by atoms with E-state index in [2.05, 4.69) is 17.1 Å². The molecule has 1 saturated heterocycles. The van der Waals surface area contributed by atoms with Crippen molar-refractivity contribution in [3.63, 3.8) is 0 Å². The molecule has 0 aromatic rings. The molecular formula is C14H24N2. The van der Waals surface area contributed by atoms with Crippen molar-refractivity contribution in [3.05, 3.63) is 35.7 Å². The Morgan fingerprint density at radius 1 is 0.938 bits per heavy atom. The predicted octanol–water partition coefficient (Wildman–Crippen LogP) is 3.18. The maximum atomic E-state index is 6.10. The molecule has 0 amide bonds. The van der Waals surface area contributed by atoms with Gasteiger partial charge in [-0.1, -0.05) is 25.0 Å². The molecule has 0 aliphatic carbocycles. The number of hydrogen-bond acceptors (Lipinski definition) is 2.